The summed E-state index contributed by atoms with van der Waals surface area (Å²) in [5, 5.41) is 4.52. The Morgan fingerprint density at radius 3 is 2.80 bits per heavy atom. The number of para-hydroxylation sites is 1. The van der Waals surface area contributed by atoms with E-state index in [0.717, 1.165) is 30.1 Å². The molecular weight excluding hydrogens is 268 g/mol. The van der Waals surface area contributed by atoms with Gasteiger partial charge in [0.1, 0.15) is 0 Å². The number of hydrogen-bond donors (Lipinski definition) is 1. The van der Waals surface area contributed by atoms with Crippen molar-refractivity contribution >= 4 is 17.3 Å². The van der Waals surface area contributed by atoms with Crippen LogP contribution < -0.4 is 10.2 Å². The predicted octanol–water partition coefficient (Wildman–Crippen LogP) is 4.22. The number of nitrogens with zero attached hydrogens (tertiary/aromatic N) is 1. The Bertz CT molecular complexity index is 470. The van der Waals surface area contributed by atoms with Crippen LogP contribution in [0.1, 0.15) is 45.1 Å². The average Bonchev–Trinajstić information content (AvgIpc) is 3.24. The summed E-state index contributed by atoms with van der Waals surface area (Å²) >= 11 is 6.54. The molecular formula is C17H25ClN2. The first kappa shape index (κ1) is 14.2. The summed E-state index contributed by atoms with van der Waals surface area (Å²) in [6.07, 6.45) is 5.25. The molecule has 3 rings (SSSR count). The lowest BCUT2D eigenvalue weighted by Crippen LogP contribution is -2.43. The fourth-order valence-corrected chi connectivity index (χ4v) is 3.52. The summed E-state index contributed by atoms with van der Waals surface area (Å²) in [6, 6.07) is 7.64. The Morgan fingerprint density at radius 1 is 1.25 bits per heavy atom. The Kier molecular flexibility index (Phi) is 4.23. The van der Waals surface area contributed by atoms with Crippen LogP contribution in [0.15, 0.2) is 18.2 Å². The van der Waals surface area contributed by atoms with Gasteiger partial charge in [0.15, 0.2) is 0 Å². The SMILES string of the molecule is CC1CCCN(c2c(Cl)cccc2CNC2CC2)C1C. The maximum atomic E-state index is 6.54. The highest BCUT2D eigenvalue weighted by molar-refractivity contribution is 6.33. The van der Waals surface area contributed by atoms with Crippen molar-refractivity contribution in [2.24, 2.45) is 5.92 Å². The third-order valence-electron chi connectivity index (χ3n) is 4.89. The van der Waals surface area contributed by atoms with Crippen LogP contribution in [-0.2, 0) is 6.54 Å². The number of nitrogens with one attached hydrogen (secondary N) is 1. The number of rotatable bonds is 4. The molecule has 1 N–H and O–H groups in total. The van der Waals surface area contributed by atoms with Crippen molar-refractivity contribution in [3.05, 3.63) is 28.8 Å². The van der Waals surface area contributed by atoms with E-state index in [9.17, 15) is 0 Å². The summed E-state index contributed by atoms with van der Waals surface area (Å²) in [4.78, 5) is 2.53. The maximum Gasteiger partial charge on any atom is 0.0643 e. The molecule has 0 aromatic heterocycles. The van der Waals surface area contributed by atoms with Gasteiger partial charge in [-0.3, -0.25) is 0 Å². The highest BCUT2D eigenvalue weighted by Gasteiger charge is 2.28. The molecule has 1 aliphatic heterocycles. The van der Waals surface area contributed by atoms with E-state index in [-0.39, 0.29) is 0 Å². The van der Waals surface area contributed by atoms with E-state index in [2.05, 4.69) is 36.2 Å². The normalized spacial score (nSPS) is 26.9. The zero-order valence-electron chi connectivity index (χ0n) is 12.5. The summed E-state index contributed by atoms with van der Waals surface area (Å²) < 4.78 is 0. The summed E-state index contributed by atoms with van der Waals surface area (Å²) in [5.74, 6) is 0.740. The number of hydrogen-bond acceptors (Lipinski definition) is 2. The molecule has 2 fully saturated rings. The van der Waals surface area contributed by atoms with Crippen LogP contribution in [0.2, 0.25) is 5.02 Å². The van der Waals surface area contributed by atoms with Gasteiger partial charge in [0.2, 0.25) is 0 Å². The molecule has 2 unspecified atom stereocenters. The molecule has 0 spiro atoms. The topological polar surface area (TPSA) is 15.3 Å². The third kappa shape index (κ3) is 2.96. The van der Waals surface area contributed by atoms with Crippen LogP contribution >= 0.6 is 11.6 Å². The minimum absolute atomic E-state index is 0.573. The molecule has 2 nitrogen and oxygen atoms in total. The molecule has 1 aromatic carbocycles. The second-order valence-corrected chi connectivity index (χ2v) is 6.86. The number of halogens is 1. The molecule has 1 saturated heterocycles. The quantitative estimate of drug-likeness (QED) is 0.894. The minimum atomic E-state index is 0.573. The second-order valence-electron chi connectivity index (χ2n) is 6.46. The van der Waals surface area contributed by atoms with Gasteiger partial charge in [-0.1, -0.05) is 30.7 Å². The molecule has 2 atom stereocenters. The molecule has 1 saturated carbocycles. The van der Waals surface area contributed by atoms with Crippen LogP contribution in [0, 0.1) is 5.92 Å². The molecule has 3 heteroatoms. The van der Waals surface area contributed by atoms with Gasteiger partial charge >= 0.3 is 0 Å². The van der Waals surface area contributed by atoms with E-state index in [1.807, 2.05) is 6.07 Å². The first-order valence-corrected chi connectivity index (χ1v) is 8.32. The van der Waals surface area contributed by atoms with E-state index in [1.165, 1.54) is 36.9 Å². The van der Waals surface area contributed by atoms with Gasteiger partial charge in [0.05, 0.1) is 10.7 Å². The Balaban J connectivity index is 1.85. The fraction of sp³-hybridized carbons (Fsp3) is 0.647. The molecule has 1 aromatic rings. The van der Waals surface area contributed by atoms with Crippen LogP contribution in [0.5, 0.6) is 0 Å². The smallest absolute Gasteiger partial charge is 0.0643 e. The lowest BCUT2D eigenvalue weighted by atomic mass is 9.91. The fourth-order valence-electron chi connectivity index (χ4n) is 3.22. The van der Waals surface area contributed by atoms with Gasteiger partial charge in [-0.15, -0.1) is 0 Å². The highest BCUT2D eigenvalue weighted by Crippen LogP contribution is 2.36. The van der Waals surface area contributed by atoms with Gasteiger partial charge < -0.3 is 10.2 Å². The number of benzene rings is 1. The van der Waals surface area contributed by atoms with E-state index in [4.69, 9.17) is 11.6 Å². The minimum Gasteiger partial charge on any atom is -0.367 e. The van der Waals surface area contributed by atoms with Gasteiger partial charge in [-0.05, 0) is 50.2 Å². The molecule has 0 radical (unpaired) electrons. The van der Waals surface area contributed by atoms with E-state index in [1.54, 1.807) is 0 Å². The van der Waals surface area contributed by atoms with E-state index < -0.39 is 0 Å². The lowest BCUT2D eigenvalue weighted by Gasteiger charge is -2.41. The third-order valence-corrected chi connectivity index (χ3v) is 5.19. The van der Waals surface area contributed by atoms with Crippen molar-refractivity contribution in [1.29, 1.82) is 0 Å². The standard InChI is InChI=1S/C17H25ClN2/c1-12-5-4-10-20(13(12)2)17-14(6-3-7-16(17)18)11-19-15-8-9-15/h3,6-7,12-13,15,19H,4-5,8-11H2,1-2H3. The van der Waals surface area contributed by atoms with E-state index >= 15 is 0 Å². The van der Waals surface area contributed by atoms with Crippen LogP contribution in [0.4, 0.5) is 5.69 Å². The predicted molar refractivity (Wildman–Crippen MR) is 86.5 cm³/mol. The summed E-state index contributed by atoms with van der Waals surface area (Å²) in [7, 11) is 0. The number of anilines is 1. The Morgan fingerprint density at radius 2 is 2.05 bits per heavy atom. The van der Waals surface area contributed by atoms with Gasteiger partial charge in [-0.2, -0.15) is 0 Å². The molecule has 110 valence electrons. The van der Waals surface area contributed by atoms with Crippen LogP contribution in [0.3, 0.4) is 0 Å². The van der Waals surface area contributed by atoms with Gasteiger partial charge in [0, 0.05) is 25.2 Å². The second kappa shape index (κ2) is 5.95. The molecule has 0 bridgehead atoms. The van der Waals surface area contributed by atoms with Crippen molar-refractivity contribution in [1.82, 2.24) is 5.32 Å². The van der Waals surface area contributed by atoms with Crippen molar-refractivity contribution in [3.63, 3.8) is 0 Å². The van der Waals surface area contributed by atoms with Gasteiger partial charge in [-0.25, -0.2) is 0 Å². The largest absolute Gasteiger partial charge is 0.367 e. The molecule has 20 heavy (non-hydrogen) atoms. The highest BCUT2D eigenvalue weighted by atomic mass is 35.5. The molecule has 1 heterocycles. The lowest BCUT2D eigenvalue weighted by molar-refractivity contribution is 0.363. The van der Waals surface area contributed by atoms with Crippen molar-refractivity contribution in [3.8, 4) is 0 Å². The Hall–Kier alpha value is -0.730. The maximum absolute atomic E-state index is 6.54. The van der Waals surface area contributed by atoms with Crippen molar-refractivity contribution < 1.29 is 0 Å². The van der Waals surface area contributed by atoms with E-state index in [0.29, 0.717) is 6.04 Å². The summed E-state index contributed by atoms with van der Waals surface area (Å²) in [5.41, 5.74) is 2.62. The summed E-state index contributed by atoms with van der Waals surface area (Å²) in [6.45, 7) is 6.77. The molecule has 1 aliphatic carbocycles. The first-order valence-electron chi connectivity index (χ1n) is 7.94. The number of piperidine rings is 1. The molecule has 2 aliphatic rings. The zero-order valence-corrected chi connectivity index (χ0v) is 13.3. The average molecular weight is 293 g/mol. The zero-order chi connectivity index (χ0) is 14.1. The van der Waals surface area contributed by atoms with Crippen LogP contribution in [0.25, 0.3) is 0 Å². The Labute approximate surface area is 127 Å². The van der Waals surface area contributed by atoms with Gasteiger partial charge in [0.25, 0.3) is 0 Å². The van der Waals surface area contributed by atoms with Crippen molar-refractivity contribution in [2.75, 3.05) is 11.4 Å². The molecule has 0 amide bonds. The van der Waals surface area contributed by atoms with Crippen LogP contribution in [-0.4, -0.2) is 18.6 Å². The monoisotopic (exact) mass is 292 g/mol. The first-order chi connectivity index (χ1) is 9.66. The van der Waals surface area contributed by atoms with Crippen molar-refractivity contribution in [2.45, 2.75) is 58.2 Å².